The molecule has 4 nitrogen and oxygen atoms in total. The van der Waals surface area contributed by atoms with Crippen molar-refractivity contribution in [3.8, 4) is 5.75 Å². The highest BCUT2D eigenvalue weighted by Crippen LogP contribution is 2.38. The van der Waals surface area contributed by atoms with Crippen LogP contribution in [0.15, 0.2) is 42.5 Å². The Balaban J connectivity index is 2.20. The first kappa shape index (κ1) is 16.5. The molecule has 0 saturated carbocycles. The molecule has 0 fully saturated rings. The van der Waals surface area contributed by atoms with Gasteiger partial charge < -0.3 is 9.29 Å². The second-order valence-electron chi connectivity index (χ2n) is 4.47. The van der Waals surface area contributed by atoms with Crippen LogP contribution in [0.3, 0.4) is 0 Å². The van der Waals surface area contributed by atoms with Crippen LogP contribution in [0.4, 0.5) is 17.6 Å². The lowest BCUT2D eigenvalue weighted by Crippen LogP contribution is -2.50. The maximum absolute atomic E-state index is 13.2. The predicted molar refractivity (Wildman–Crippen MR) is 69.0 cm³/mol. The molecular formula is C13H9F4O4S-. The summed E-state index contributed by atoms with van der Waals surface area (Å²) >= 11 is 0. The van der Waals surface area contributed by atoms with Gasteiger partial charge in [0.15, 0.2) is 16.7 Å². The summed E-state index contributed by atoms with van der Waals surface area (Å²) in [5, 5.41) is -4.36. The van der Waals surface area contributed by atoms with Crippen molar-refractivity contribution in [3.63, 3.8) is 0 Å². The van der Waals surface area contributed by atoms with Crippen molar-refractivity contribution in [2.24, 2.45) is 0 Å². The van der Waals surface area contributed by atoms with Gasteiger partial charge in [0.2, 0.25) is 0 Å². The molecule has 0 heterocycles. The van der Waals surface area contributed by atoms with Crippen molar-refractivity contribution in [2.45, 2.75) is 11.2 Å². The summed E-state index contributed by atoms with van der Waals surface area (Å²) in [5.74, 6) is -5.31. The lowest BCUT2D eigenvalue weighted by Gasteiger charge is -2.28. The minimum absolute atomic E-state index is 0.155. The van der Waals surface area contributed by atoms with Crippen LogP contribution in [0.25, 0.3) is 10.8 Å². The summed E-state index contributed by atoms with van der Waals surface area (Å²) in [6.07, 6.45) is 0. The number of fused-ring (bicyclic) bond motifs is 1. The average molecular weight is 337 g/mol. The van der Waals surface area contributed by atoms with Gasteiger partial charge in [-0.1, -0.05) is 30.3 Å². The van der Waals surface area contributed by atoms with Crippen LogP contribution in [-0.2, 0) is 10.1 Å². The molecule has 0 spiro atoms. The molecule has 0 aliphatic carbocycles. The standard InChI is InChI=1S/C13H10F4O4S/c14-12(15,13(16,17)22(18,19)20)8-21-11-6-5-9-3-1-2-4-10(9)7-11/h1-7H,8H2,(H,18,19,20)/p-1. The van der Waals surface area contributed by atoms with E-state index in [9.17, 15) is 30.5 Å². The zero-order valence-corrected chi connectivity index (χ0v) is 11.6. The van der Waals surface area contributed by atoms with Gasteiger partial charge in [-0.3, -0.25) is 0 Å². The summed E-state index contributed by atoms with van der Waals surface area (Å²) in [4.78, 5) is 0. The van der Waals surface area contributed by atoms with E-state index in [0.717, 1.165) is 5.39 Å². The minimum Gasteiger partial charge on any atom is -0.743 e. The number of hydrogen-bond donors (Lipinski definition) is 0. The fourth-order valence-corrected chi connectivity index (χ4v) is 2.12. The molecule has 0 aliphatic heterocycles. The molecule has 0 atom stereocenters. The Bertz CT molecular complexity index is 789. The number of ether oxygens (including phenoxy) is 1. The van der Waals surface area contributed by atoms with Crippen LogP contribution in [0, 0.1) is 0 Å². The second kappa shape index (κ2) is 5.40. The van der Waals surface area contributed by atoms with E-state index in [1.165, 1.54) is 18.2 Å². The highest BCUT2D eigenvalue weighted by molar-refractivity contribution is 7.86. The molecule has 0 radical (unpaired) electrons. The monoisotopic (exact) mass is 337 g/mol. The SMILES string of the molecule is O=S(=O)([O-])C(F)(F)C(F)(F)COc1ccc2ccccc2c1. The van der Waals surface area contributed by atoms with E-state index >= 15 is 0 Å². The smallest absolute Gasteiger partial charge is 0.399 e. The van der Waals surface area contributed by atoms with Crippen molar-refractivity contribution in [3.05, 3.63) is 42.5 Å². The van der Waals surface area contributed by atoms with E-state index in [1.54, 1.807) is 24.3 Å². The van der Waals surface area contributed by atoms with Gasteiger partial charge >= 0.3 is 11.2 Å². The summed E-state index contributed by atoms with van der Waals surface area (Å²) in [5.41, 5.74) is 0. The largest absolute Gasteiger partial charge is 0.743 e. The van der Waals surface area contributed by atoms with E-state index in [-0.39, 0.29) is 5.75 Å². The Labute approximate surface area is 123 Å². The fraction of sp³-hybridized carbons (Fsp3) is 0.231. The first-order chi connectivity index (χ1) is 10.0. The number of hydrogen-bond acceptors (Lipinski definition) is 4. The van der Waals surface area contributed by atoms with E-state index in [2.05, 4.69) is 4.74 Å². The number of alkyl halides is 4. The third kappa shape index (κ3) is 3.00. The third-order valence-electron chi connectivity index (χ3n) is 2.88. The number of rotatable bonds is 5. The van der Waals surface area contributed by atoms with Crippen molar-refractivity contribution >= 4 is 20.9 Å². The van der Waals surface area contributed by atoms with Gasteiger partial charge in [-0.2, -0.15) is 17.6 Å². The third-order valence-corrected chi connectivity index (χ3v) is 3.81. The normalized spacial score (nSPS) is 13.3. The number of benzene rings is 2. The number of halogens is 4. The molecule has 0 bridgehead atoms. The topological polar surface area (TPSA) is 66.4 Å². The highest BCUT2D eigenvalue weighted by atomic mass is 32.2. The first-order valence-corrected chi connectivity index (χ1v) is 7.28. The first-order valence-electron chi connectivity index (χ1n) is 5.87. The van der Waals surface area contributed by atoms with Crippen molar-refractivity contribution < 1.29 is 35.3 Å². The van der Waals surface area contributed by atoms with Gasteiger partial charge in [-0.15, -0.1) is 0 Å². The average Bonchev–Trinajstić information content (AvgIpc) is 2.43. The highest BCUT2D eigenvalue weighted by Gasteiger charge is 2.62. The zero-order chi connectivity index (χ0) is 16.6. The molecule has 0 N–H and O–H groups in total. The molecule has 120 valence electrons. The van der Waals surface area contributed by atoms with Crippen molar-refractivity contribution in [1.29, 1.82) is 0 Å². The molecule has 9 heteroatoms. The summed E-state index contributed by atoms with van der Waals surface area (Å²) in [6, 6.07) is 10.9. The molecule has 0 aliphatic rings. The van der Waals surface area contributed by atoms with Gasteiger partial charge in [0, 0.05) is 0 Å². The van der Waals surface area contributed by atoms with E-state index in [4.69, 9.17) is 0 Å². The predicted octanol–water partition coefficient (Wildman–Crippen LogP) is 2.99. The van der Waals surface area contributed by atoms with Crippen LogP contribution < -0.4 is 4.74 Å². The summed E-state index contributed by atoms with van der Waals surface area (Å²) in [6.45, 7) is -1.94. The molecule has 0 aromatic heterocycles. The summed E-state index contributed by atoms with van der Waals surface area (Å²) in [7, 11) is -6.51. The molecule has 0 amide bonds. The van der Waals surface area contributed by atoms with Gasteiger partial charge in [-0.05, 0) is 22.9 Å². The van der Waals surface area contributed by atoms with Gasteiger partial charge in [-0.25, -0.2) is 8.42 Å². The Morgan fingerprint density at radius 3 is 2.18 bits per heavy atom. The van der Waals surface area contributed by atoms with Gasteiger partial charge in [0.1, 0.15) is 5.75 Å². The summed E-state index contributed by atoms with van der Waals surface area (Å²) < 4.78 is 87.6. The molecule has 0 saturated heterocycles. The molecular weight excluding hydrogens is 328 g/mol. The van der Waals surface area contributed by atoms with Crippen LogP contribution >= 0.6 is 0 Å². The fourth-order valence-electron chi connectivity index (χ4n) is 1.70. The van der Waals surface area contributed by atoms with Crippen molar-refractivity contribution in [2.75, 3.05) is 6.61 Å². The van der Waals surface area contributed by atoms with Crippen LogP contribution in [0.5, 0.6) is 5.75 Å². The quantitative estimate of drug-likeness (QED) is 0.621. The lowest BCUT2D eigenvalue weighted by molar-refractivity contribution is -0.177. The minimum atomic E-state index is -6.51. The van der Waals surface area contributed by atoms with Crippen LogP contribution in [-0.4, -0.2) is 30.8 Å². The van der Waals surface area contributed by atoms with Crippen LogP contribution in [0.1, 0.15) is 0 Å². The molecule has 2 rings (SSSR count). The lowest BCUT2D eigenvalue weighted by atomic mass is 10.1. The van der Waals surface area contributed by atoms with Gasteiger partial charge in [0.25, 0.3) is 0 Å². The molecule has 0 unspecified atom stereocenters. The maximum Gasteiger partial charge on any atom is 0.399 e. The maximum atomic E-state index is 13.2. The van der Waals surface area contributed by atoms with E-state index in [0.29, 0.717) is 5.39 Å². The Morgan fingerprint density at radius 2 is 1.59 bits per heavy atom. The van der Waals surface area contributed by atoms with Gasteiger partial charge in [0.05, 0.1) is 0 Å². The Kier molecular flexibility index (Phi) is 4.05. The van der Waals surface area contributed by atoms with E-state index in [1.807, 2.05) is 0 Å². The Morgan fingerprint density at radius 1 is 1.00 bits per heavy atom. The molecule has 2 aromatic rings. The van der Waals surface area contributed by atoms with E-state index < -0.39 is 27.9 Å². The van der Waals surface area contributed by atoms with Crippen LogP contribution in [0.2, 0.25) is 0 Å². The molecule has 22 heavy (non-hydrogen) atoms. The zero-order valence-electron chi connectivity index (χ0n) is 10.8. The Hall–Kier alpha value is -1.87. The van der Waals surface area contributed by atoms with Crippen molar-refractivity contribution in [1.82, 2.24) is 0 Å². The molecule has 2 aromatic carbocycles. The second-order valence-corrected chi connectivity index (χ2v) is 5.89.